The maximum absolute atomic E-state index is 11.3. The summed E-state index contributed by atoms with van der Waals surface area (Å²) in [6.45, 7) is 2.67. The van der Waals surface area contributed by atoms with Gasteiger partial charge >= 0.3 is 0 Å². The number of nitro groups is 1. The summed E-state index contributed by atoms with van der Waals surface area (Å²) in [4.78, 5) is 13.2. The zero-order valence-corrected chi connectivity index (χ0v) is 13.9. The molecule has 1 aromatic rings. The third-order valence-electron chi connectivity index (χ3n) is 4.72. The standard InChI is InChI=1S/C15H20BrN3O3/c16-12-1-2-14(19(21)22)13(7-12)17-15-4-3-11(8-15)9-18(10-15)5-6-20/h1-2,7,11,17,20H,3-6,8-10H2. The monoisotopic (exact) mass is 369 g/mol. The second-order valence-corrected chi connectivity index (χ2v) is 7.31. The normalized spacial score (nSPS) is 27.8. The summed E-state index contributed by atoms with van der Waals surface area (Å²) in [6.07, 6.45) is 3.19. The molecule has 2 aliphatic rings. The topological polar surface area (TPSA) is 78.6 Å². The number of anilines is 1. The van der Waals surface area contributed by atoms with Gasteiger partial charge in [0.2, 0.25) is 0 Å². The van der Waals surface area contributed by atoms with Crippen LogP contribution in [0.3, 0.4) is 0 Å². The molecule has 120 valence electrons. The highest BCUT2D eigenvalue weighted by molar-refractivity contribution is 9.10. The number of likely N-dealkylation sites (tertiary alicyclic amines) is 1. The molecule has 2 N–H and O–H groups in total. The van der Waals surface area contributed by atoms with E-state index in [4.69, 9.17) is 0 Å². The van der Waals surface area contributed by atoms with Gasteiger partial charge in [0.05, 0.1) is 17.1 Å². The molecule has 0 radical (unpaired) electrons. The van der Waals surface area contributed by atoms with Crippen LogP contribution in [0.1, 0.15) is 19.3 Å². The van der Waals surface area contributed by atoms with Crippen LogP contribution in [0.25, 0.3) is 0 Å². The number of aliphatic hydroxyl groups excluding tert-OH is 1. The van der Waals surface area contributed by atoms with Gasteiger partial charge in [-0.3, -0.25) is 15.0 Å². The largest absolute Gasteiger partial charge is 0.395 e. The second-order valence-electron chi connectivity index (χ2n) is 6.39. The molecule has 0 amide bonds. The van der Waals surface area contributed by atoms with E-state index in [0.29, 0.717) is 18.2 Å². The molecule has 1 aliphatic heterocycles. The van der Waals surface area contributed by atoms with Gasteiger partial charge in [-0.15, -0.1) is 0 Å². The molecule has 2 fully saturated rings. The number of hydrogen-bond acceptors (Lipinski definition) is 5. The molecule has 1 heterocycles. The fourth-order valence-electron chi connectivity index (χ4n) is 3.91. The summed E-state index contributed by atoms with van der Waals surface area (Å²) in [6, 6.07) is 5.01. The van der Waals surface area contributed by atoms with Crippen molar-refractivity contribution < 1.29 is 10.0 Å². The van der Waals surface area contributed by atoms with E-state index in [9.17, 15) is 15.2 Å². The summed E-state index contributed by atoms with van der Waals surface area (Å²) < 4.78 is 0.828. The van der Waals surface area contributed by atoms with Crippen LogP contribution in [0.4, 0.5) is 11.4 Å². The molecule has 2 atom stereocenters. The van der Waals surface area contributed by atoms with Crippen molar-refractivity contribution in [1.29, 1.82) is 0 Å². The number of halogens is 1. The number of nitrogens with zero attached hydrogens (tertiary/aromatic N) is 2. The predicted molar refractivity (Wildman–Crippen MR) is 88.0 cm³/mol. The minimum absolute atomic E-state index is 0.111. The van der Waals surface area contributed by atoms with Crippen molar-refractivity contribution in [3.8, 4) is 0 Å². The number of fused-ring (bicyclic) bond motifs is 2. The van der Waals surface area contributed by atoms with Gasteiger partial charge in [-0.2, -0.15) is 0 Å². The van der Waals surface area contributed by atoms with Gasteiger partial charge in [0.15, 0.2) is 0 Å². The molecule has 6 nitrogen and oxygen atoms in total. The zero-order chi connectivity index (χ0) is 15.7. The Balaban J connectivity index is 1.85. The van der Waals surface area contributed by atoms with Crippen molar-refractivity contribution in [2.75, 3.05) is 31.6 Å². The summed E-state index contributed by atoms with van der Waals surface area (Å²) in [5.74, 6) is 0.610. The van der Waals surface area contributed by atoms with Crippen LogP contribution in [-0.4, -0.2) is 46.7 Å². The lowest BCUT2D eigenvalue weighted by atomic mass is 9.90. The number of nitrogens with one attached hydrogen (secondary N) is 1. The van der Waals surface area contributed by atoms with Crippen LogP contribution in [0.5, 0.6) is 0 Å². The van der Waals surface area contributed by atoms with E-state index < -0.39 is 0 Å². The van der Waals surface area contributed by atoms with E-state index in [0.717, 1.165) is 36.8 Å². The summed E-state index contributed by atoms with van der Waals surface area (Å²) >= 11 is 3.39. The van der Waals surface area contributed by atoms with Gasteiger partial charge in [-0.1, -0.05) is 15.9 Å². The Labute approximate surface area is 137 Å². The minimum atomic E-state index is -0.341. The summed E-state index contributed by atoms with van der Waals surface area (Å²) in [7, 11) is 0. The lowest BCUT2D eigenvalue weighted by molar-refractivity contribution is -0.384. The number of rotatable bonds is 5. The van der Waals surface area contributed by atoms with E-state index in [2.05, 4.69) is 26.1 Å². The number of aliphatic hydroxyl groups is 1. The van der Waals surface area contributed by atoms with Crippen molar-refractivity contribution in [2.24, 2.45) is 5.92 Å². The van der Waals surface area contributed by atoms with Crippen LogP contribution >= 0.6 is 15.9 Å². The zero-order valence-electron chi connectivity index (χ0n) is 12.3. The first kappa shape index (κ1) is 15.7. The van der Waals surface area contributed by atoms with Crippen molar-refractivity contribution in [1.82, 2.24) is 4.90 Å². The van der Waals surface area contributed by atoms with Crippen LogP contribution in [-0.2, 0) is 0 Å². The van der Waals surface area contributed by atoms with Gasteiger partial charge < -0.3 is 10.4 Å². The van der Waals surface area contributed by atoms with Gasteiger partial charge in [-0.05, 0) is 37.3 Å². The van der Waals surface area contributed by atoms with E-state index >= 15 is 0 Å². The fourth-order valence-corrected chi connectivity index (χ4v) is 4.27. The predicted octanol–water partition coefficient (Wildman–Crippen LogP) is 2.62. The molecule has 3 rings (SSSR count). The number of benzene rings is 1. The molecule has 22 heavy (non-hydrogen) atoms. The molecule has 0 aromatic heterocycles. The molecular formula is C15H20BrN3O3. The molecule has 2 unspecified atom stereocenters. The molecule has 7 heteroatoms. The number of β-amino-alcohol motifs (C(OH)–C–C–N with tert-alkyl or cyclic N) is 1. The number of hydrogen-bond donors (Lipinski definition) is 2. The maximum atomic E-state index is 11.3. The lowest BCUT2D eigenvalue weighted by Gasteiger charge is -2.41. The maximum Gasteiger partial charge on any atom is 0.292 e. The molecule has 1 saturated carbocycles. The van der Waals surface area contributed by atoms with Crippen LogP contribution in [0, 0.1) is 16.0 Å². The molecular weight excluding hydrogens is 350 g/mol. The fraction of sp³-hybridized carbons (Fsp3) is 0.600. The first-order valence-electron chi connectivity index (χ1n) is 7.57. The lowest BCUT2D eigenvalue weighted by Crippen LogP contribution is -2.52. The van der Waals surface area contributed by atoms with Crippen LogP contribution in [0.15, 0.2) is 22.7 Å². The molecule has 1 aromatic carbocycles. The van der Waals surface area contributed by atoms with E-state index in [-0.39, 0.29) is 22.8 Å². The average molecular weight is 370 g/mol. The second kappa shape index (κ2) is 6.14. The quantitative estimate of drug-likeness (QED) is 0.615. The number of piperidine rings is 1. The van der Waals surface area contributed by atoms with Crippen molar-refractivity contribution >= 4 is 27.3 Å². The van der Waals surface area contributed by atoms with E-state index in [1.807, 2.05) is 0 Å². The first-order chi connectivity index (χ1) is 10.5. The van der Waals surface area contributed by atoms with Crippen LogP contribution in [0.2, 0.25) is 0 Å². The Morgan fingerprint density at radius 1 is 1.55 bits per heavy atom. The van der Waals surface area contributed by atoms with Crippen LogP contribution < -0.4 is 5.32 Å². The average Bonchev–Trinajstić information content (AvgIpc) is 2.74. The molecule has 2 bridgehead atoms. The highest BCUT2D eigenvalue weighted by Gasteiger charge is 2.45. The highest BCUT2D eigenvalue weighted by Crippen LogP contribution is 2.43. The Morgan fingerprint density at radius 2 is 2.36 bits per heavy atom. The van der Waals surface area contributed by atoms with Gasteiger partial charge in [0.25, 0.3) is 5.69 Å². The van der Waals surface area contributed by atoms with Gasteiger partial charge in [0, 0.05) is 30.2 Å². The first-order valence-corrected chi connectivity index (χ1v) is 8.36. The third-order valence-corrected chi connectivity index (χ3v) is 5.22. The van der Waals surface area contributed by atoms with Crippen molar-refractivity contribution in [3.63, 3.8) is 0 Å². The Hall–Kier alpha value is -1.18. The number of nitro benzene ring substituents is 1. The SMILES string of the molecule is O=[N+]([O-])c1ccc(Br)cc1NC12CCC(CN(CCO)C1)C2. The Kier molecular flexibility index (Phi) is 4.38. The molecule has 1 aliphatic carbocycles. The van der Waals surface area contributed by atoms with Gasteiger partial charge in [-0.25, -0.2) is 0 Å². The third kappa shape index (κ3) is 3.11. The Morgan fingerprint density at radius 3 is 3.09 bits per heavy atom. The van der Waals surface area contributed by atoms with E-state index in [1.165, 1.54) is 6.07 Å². The molecule has 0 spiro atoms. The van der Waals surface area contributed by atoms with Gasteiger partial charge in [0.1, 0.15) is 5.69 Å². The summed E-state index contributed by atoms with van der Waals surface area (Å²) in [5, 5.41) is 23.9. The summed E-state index contributed by atoms with van der Waals surface area (Å²) in [5.41, 5.74) is 0.565. The van der Waals surface area contributed by atoms with E-state index in [1.54, 1.807) is 12.1 Å². The highest BCUT2D eigenvalue weighted by atomic mass is 79.9. The van der Waals surface area contributed by atoms with Crippen molar-refractivity contribution in [2.45, 2.75) is 24.8 Å². The molecule has 1 saturated heterocycles. The smallest absolute Gasteiger partial charge is 0.292 e. The minimum Gasteiger partial charge on any atom is -0.395 e. The van der Waals surface area contributed by atoms with Crippen molar-refractivity contribution in [3.05, 3.63) is 32.8 Å². The Bertz CT molecular complexity index is 583.